The largest absolute Gasteiger partial charge is 0.350 e. The van der Waals surface area contributed by atoms with Crippen molar-refractivity contribution in [2.24, 2.45) is 5.92 Å². The lowest BCUT2D eigenvalue weighted by molar-refractivity contribution is -0.131. The molecule has 0 radical (unpaired) electrons. The fraction of sp³-hybridized carbons (Fsp3) is 0.462. The zero-order valence-corrected chi connectivity index (χ0v) is 21.9. The summed E-state index contributed by atoms with van der Waals surface area (Å²) < 4.78 is 0.975. The first-order chi connectivity index (χ1) is 16.3. The molecule has 0 spiro atoms. The topological polar surface area (TPSA) is 61.4 Å². The summed E-state index contributed by atoms with van der Waals surface area (Å²) >= 11 is 16.0. The third-order valence-electron chi connectivity index (χ3n) is 7.59. The first-order valence-corrected chi connectivity index (χ1v) is 13.4. The highest BCUT2D eigenvalue weighted by molar-refractivity contribution is 9.10. The number of benzene rings is 2. The van der Waals surface area contributed by atoms with Crippen LogP contribution >= 0.6 is 39.1 Å². The van der Waals surface area contributed by atoms with E-state index in [2.05, 4.69) is 31.5 Å². The lowest BCUT2D eigenvalue weighted by Crippen LogP contribution is -2.60. The first kappa shape index (κ1) is 24.1. The molecule has 0 unspecified atom stereocenters. The maximum atomic E-state index is 13.5. The smallest absolute Gasteiger partial charge is 0.243 e. The Morgan fingerprint density at radius 1 is 1.09 bits per heavy atom. The van der Waals surface area contributed by atoms with Gasteiger partial charge in [-0.2, -0.15) is 0 Å². The van der Waals surface area contributed by atoms with Gasteiger partial charge in [0, 0.05) is 33.5 Å². The van der Waals surface area contributed by atoms with E-state index >= 15 is 0 Å². The summed E-state index contributed by atoms with van der Waals surface area (Å²) in [5.74, 6) is 0.247. The fourth-order valence-electron chi connectivity index (χ4n) is 5.40. The van der Waals surface area contributed by atoms with Crippen LogP contribution in [0.15, 0.2) is 46.9 Å². The molecule has 2 aromatic carbocycles. The number of hydrogen-bond donors (Lipinski definition) is 2. The molecule has 34 heavy (non-hydrogen) atoms. The molecule has 4 aliphatic rings. The number of fused-ring (bicyclic) bond motifs is 3. The van der Waals surface area contributed by atoms with E-state index in [4.69, 9.17) is 23.2 Å². The maximum Gasteiger partial charge on any atom is 0.243 e. The number of piperidine rings is 3. The molecule has 2 N–H and O–H groups in total. The van der Waals surface area contributed by atoms with Crippen molar-refractivity contribution in [3.8, 4) is 0 Å². The highest BCUT2D eigenvalue weighted by Gasteiger charge is 2.53. The van der Waals surface area contributed by atoms with Crippen LogP contribution in [0.1, 0.15) is 36.8 Å². The van der Waals surface area contributed by atoms with E-state index in [-0.39, 0.29) is 17.9 Å². The van der Waals surface area contributed by atoms with Gasteiger partial charge in [-0.15, -0.1) is 0 Å². The molecular weight excluding hydrogens is 537 g/mol. The van der Waals surface area contributed by atoms with E-state index in [1.54, 1.807) is 12.1 Å². The Kier molecular flexibility index (Phi) is 6.95. The summed E-state index contributed by atoms with van der Waals surface area (Å²) in [6.45, 7) is 3.11. The van der Waals surface area contributed by atoms with Crippen LogP contribution in [0.4, 0.5) is 0 Å². The summed E-state index contributed by atoms with van der Waals surface area (Å²) in [6, 6.07) is 12.6. The van der Waals surface area contributed by atoms with Gasteiger partial charge >= 0.3 is 0 Å². The van der Waals surface area contributed by atoms with Crippen molar-refractivity contribution in [1.29, 1.82) is 0 Å². The molecule has 8 heteroatoms. The molecule has 2 bridgehead atoms. The molecule has 1 saturated carbocycles. The van der Waals surface area contributed by atoms with Crippen molar-refractivity contribution < 1.29 is 9.59 Å². The van der Waals surface area contributed by atoms with E-state index in [9.17, 15) is 9.59 Å². The second-order valence-electron chi connectivity index (χ2n) is 9.82. The fourth-order valence-corrected chi connectivity index (χ4v) is 6.25. The van der Waals surface area contributed by atoms with Gasteiger partial charge in [0.05, 0.1) is 5.41 Å². The third kappa shape index (κ3) is 5.01. The zero-order valence-electron chi connectivity index (χ0n) is 18.8. The minimum atomic E-state index is -0.699. The average molecular weight is 565 g/mol. The molecular formula is C26H28BrCl2N3O2. The predicted molar refractivity (Wildman–Crippen MR) is 138 cm³/mol. The minimum absolute atomic E-state index is 0.118. The molecule has 3 aliphatic heterocycles. The number of nitrogens with one attached hydrogen (secondary N) is 2. The Bertz CT molecular complexity index is 1080. The van der Waals surface area contributed by atoms with Crippen LogP contribution in [-0.4, -0.2) is 48.4 Å². The van der Waals surface area contributed by atoms with E-state index in [1.807, 2.05) is 30.3 Å². The normalized spacial score (nSPS) is 25.4. The second kappa shape index (κ2) is 9.81. The van der Waals surface area contributed by atoms with Crippen molar-refractivity contribution in [3.05, 3.63) is 68.1 Å². The van der Waals surface area contributed by atoms with Crippen LogP contribution in [-0.2, 0) is 21.4 Å². The molecule has 2 atom stereocenters. The van der Waals surface area contributed by atoms with Crippen molar-refractivity contribution >= 4 is 50.9 Å². The molecule has 2 amide bonds. The van der Waals surface area contributed by atoms with Gasteiger partial charge in [-0.05, 0) is 80.1 Å². The molecule has 1 aliphatic carbocycles. The van der Waals surface area contributed by atoms with Gasteiger partial charge < -0.3 is 15.5 Å². The van der Waals surface area contributed by atoms with Crippen LogP contribution < -0.4 is 10.6 Å². The molecule has 3 heterocycles. The number of carbonyl (C=O) groups excluding carboxylic acids is 2. The first-order valence-electron chi connectivity index (χ1n) is 11.9. The molecule has 180 valence electrons. The number of halogens is 3. The number of hydrogen-bond acceptors (Lipinski definition) is 3. The number of rotatable bonds is 7. The standard InChI is InChI=1S/C26H28BrCl2N3O2/c27-18-3-1-16(2-4-18)13-22(24(33)30-23-15-32-11-7-17(23)8-12-32)31-25(34)26(9-10-26)20-6-5-19(28)14-21(20)29/h1-6,14,17,22-23H,7-13,15H2,(H,30,33)(H,31,34)/t22-,23+/m0/s1. The quantitative estimate of drug-likeness (QED) is 0.511. The molecule has 2 aromatic rings. The Balaban J connectivity index is 1.35. The number of nitrogens with zero attached hydrogens (tertiary/aromatic N) is 1. The Morgan fingerprint density at radius 2 is 1.79 bits per heavy atom. The summed E-state index contributed by atoms with van der Waals surface area (Å²) in [7, 11) is 0. The molecule has 0 aromatic heterocycles. The van der Waals surface area contributed by atoms with E-state index in [0.717, 1.165) is 48.1 Å². The predicted octanol–water partition coefficient (Wildman–Crippen LogP) is 4.73. The molecule has 4 fully saturated rings. The van der Waals surface area contributed by atoms with Crippen molar-refractivity contribution in [1.82, 2.24) is 15.5 Å². The summed E-state index contributed by atoms with van der Waals surface area (Å²) in [6.07, 6.45) is 4.06. The SMILES string of the molecule is O=C(N[C@@H]1CN2CCC1CC2)[C@H](Cc1ccc(Br)cc1)NC(=O)C1(c2ccc(Cl)cc2Cl)CC1. The van der Waals surface area contributed by atoms with Gasteiger partial charge in [0.25, 0.3) is 0 Å². The zero-order chi connectivity index (χ0) is 23.9. The van der Waals surface area contributed by atoms with Crippen LogP contribution in [0.3, 0.4) is 0 Å². The lowest BCUT2D eigenvalue weighted by atomic mass is 9.84. The molecule has 5 nitrogen and oxygen atoms in total. The van der Waals surface area contributed by atoms with Gasteiger partial charge in [0.15, 0.2) is 0 Å². The summed E-state index contributed by atoms with van der Waals surface area (Å²) in [5, 5.41) is 7.38. The van der Waals surface area contributed by atoms with Crippen LogP contribution in [0.2, 0.25) is 10.0 Å². The summed E-state index contributed by atoms with van der Waals surface area (Å²) in [5.41, 5.74) is 1.07. The van der Waals surface area contributed by atoms with Crippen LogP contribution in [0, 0.1) is 5.92 Å². The van der Waals surface area contributed by atoms with Gasteiger partial charge in [0.1, 0.15) is 6.04 Å². The van der Waals surface area contributed by atoms with E-state index < -0.39 is 11.5 Å². The molecule has 6 rings (SSSR count). The monoisotopic (exact) mass is 563 g/mol. The average Bonchev–Trinajstić information content (AvgIpc) is 3.62. The minimum Gasteiger partial charge on any atom is -0.350 e. The molecule has 3 saturated heterocycles. The second-order valence-corrected chi connectivity index (χ2v) is 11.6. The van der Waals surface area contributed by atoms with E-state index in [1.165, 1.54) is 0 Å². The van der Waals surface area contributed by atoms with Crippen molar-refractivity contribution in [2.45, 2.75) is 49.6 Å². The van der Waals surface area contributed by atoms with Crippen molar-refractivity contribution in [2.75, 3.05) is 19.6 Å². The number of carbonyl (C=O) groups is 2. The maximum absolute atomic E-state index is 13.5. The van der Waals surface area contributed by atoms with Crippen LogP contribution in [0.25, 0.3) is 0 Å². The highest BCUT2D eigenvalue weighted by Crippen LogP contribution is 2.51. The van der Waals surface area contributed by atoms with Gasteiger partial charge in [0.2, 0.25) is 11.8 Å². The van der Waals surface area contributed by atoms with Gasteiger partial charge in [-0.25, -0.2) is 0 Å². The number of amides is 2. The lowest BCUT2D eigenvalue weighted by Gasteiger charge is -2.45. The van der Waals surface area contributed by atoms with Gasteiger partial charge in [-0.1, -0.05) is 57.3 Å². The van der Waals surface area contributed by atoms with E-state index in [0.29, 0.717) is 35.2 Å². The highest BCUT2D eigenvalue weighted by atomic mass is 79.9. The van der Waals surface area contributed by atoms with Gasteiger partial charge in [-0.3, -0.25) is 9.59 Å². The Hall–Kier alpha value is -1.60. The van der Waals surface area contributed by atoms with Crippen LogP contribution in [0.5, 0.6) is 0 Å². The Morgan fingerprint density at radius 3 is 2.38 bits per heavy atom. The summed E-state index contributed by atoms with van der Waals surface area (Å²) in [4.78, 5) is 29.4. The Labute approximate surface area is 218 Å². The van der Waals surface area contributed by atoms with Crippen molar-refractivity contribution in [3.63, 3.8) is 0 Å². The third-order valence-corrected chi connectivity index (χ3v) is 8.67.